The molecule has 2 N–H and O–H groups in total. The van der Waals surface area contributed by atoms with Gasteiger partial charge in [-0.1, -0.05) is 57.0 Å². The third-order valence-corrected chi connectivity index (χ3v) is 3.20. The molecule has 0 bridgehead atoms. The summed E-state index contributed by atoms with van der Waals surface area (Å²) >= 11 is 0. The van der Waals surface area contributed by atoms with Crippen LogP contribution in [0.15, 0.2) is 30.3 Å². The lowest BCUT2D eigenvalue weighted by Crippen LogP contribution is -2.35. The van der Waals surface area contributed by atoms with Crippen LogP contribution < -0.4 is 5.32 Å². The summed E-state index contributed by atoms with van der Waals surface area (Å²) in [4.78, 5) is 0. The Morgan fingerprint density at radius 3 is 2.41 bits per heavy atom. The minimum absolute atomic E-state index is 0.206. The molecule has 1 rings (SSSR count). The van der Waals surface area contributed by atoms with E-state index in [0.717, 1.165) is 12.8 Å². The molecule has 1 aromatic carbocycles. The van der Waals surface area contributed by atoms with Gasteiger partial charge in [0.15, 0.2) is 0 Å². The molecule has 2 heteroatoms. The number of rotatable bonds is 8. The maximum Gasteiger partial charge on any atom is 0.0584 e. The van der Waals surface area contributed by atoms with E-state index in [0.29, 0.717) is 6.04 Å². The van der Waals surface area contributed by atoms with Crippen LogP contribution >= 0.6 is 0 Å². The molecule has 0 aliphatic carbocycles. The fourth-order valence-corrected chi connectivity index (χ4v) is 2.02. The SMILES string of the molecule is CCCCC(N[C@@H](CC)CO)c1ccccc1. The normalized spacial score (nSPS) is 14.5. The highest BCUT2D eigenvalue weighted by molar-refractivity contribution is 5.19. The molecule has 0 aromatic heterocycles. The summed E-state index contributed by atoms with van der Waals surface area (Å²) in [6.07, 6.45) is 4.53. The number of hydrogen-bond donors (Lipinski definition) is 2. The quantitative estimate of drug-likeness (QED) is 0.724. The van der Waals surface area contributed by atoms with Crippen molar-refractivity contribution >= 4 is 0 Å². The lowest BCUT2D eigenvalue weighted by Gasteiger charge is -2.24. The fraction of sp³-hybridized carbons (Fsp3) is 0.600. The van der Waals surface area contributed by atoms with Crippen molar-refractivity contribution in [1.29, 1.82) is 0 Å². The van der Waals surface area contributed by atoms with Gasteiger partial charge < -0.3 is 10.4 Å². The molecule has 0 saturated heterocycles. The minimum Gasteiger partial charge on any atom is -0.395 e. The van der Waals surface area contributed by atoms with Gasteiger partial charge >= 0.3 is 0 Å². The highest BCUT2D eigenvalue weighted by atomic mass is 16.3. The van der Waals surface area contributed by atoms with E-state index in [9.17, 15) is 5.11 Å². The maximum absolute atomic E-state index is 9.28. The van der Waals surface area contributed by atoms with E-state index < -0.39 is 0 Å². The van der Waals surface area contributed by atoms with Crippen LogP contribution in [-0.4, -0.2) is 17.8 Å². The summed E-state index contributed by atoms with van der Waals surface area (Å²) in [5, 5.41) is 12.8. The Morgan fingerprint density at radius 2 is 1.88 bits per heavy atom. The molecule has 1 unspecified atom stereocenters. The second kappa shape index (κ2) is 8.26. The van der Waals surface area contributed by atoms with Crippen molar-refractivity contribution in [2.24, 2.45) is 0 Å². The standard InChI is InChI=1S/C15H25NO/c1-3-5-11-15(16-14(4-2)12-17)13-9-7-6-8-10-13/h6-10,14-17H,3-5,11-12H2,1-2H3/t14-,15?/m0/s1. The smallest absolute Gasteiger partial charge is 0.0584 e. The molecule has 0 radical (unpaired) electrons. The van der Waals surface area contributed by atoms with Gasteiger partial charge in [-0.2, -0.15) is 0 Å². The largest absolute Gasteiger partial charge is 0.395 e. The highest BCUT2D eigenvalue weighted by Crippen LogP contribution is 2.20. The molecule has 0 heterocycles. The molecule has 0 amide bonds. The summed E-state index contributed by atoms with van der Waals surface area (Å²) in [7, 11) is 0. The molecule has 0 aliphatic heterocycles. The van der Waals surface area contributed by atoms with Crippen LogP contribution in [0.4, 0.5) is 0 Å². The number of hydrogen-bond acceptors (Lipinski definition) is 2. The third-order valence-electron chi connectivity index (χ3n) is 3.20. The second-order valence-electron chi connectivity index (χ2n) is 4.56. The van der Waals surface area contributed by atoms with Crippen molar-refractivity contribution in [3.05, 3.63) is 35.9 Å². The van der Waals surface area contributed by atoms with E-state index in [2.05, 4.69) is 43.4 Å². The summed E-state index contributed by atoms with van der Waals surface area (Å²) < 4.78 is 0. The van der Waals surface area contributed by atoms with Gasteiger partial charge in [0.2, 0.25) is 0 Å². The van der Waals surface area contributed by atoms with Crippen LogP contribution in [0, 0.1) is 0 Å². The minimum atomic E-state index is 0.206. The third kappa shape index (κ3) is 4.88. The van der Waals surface area contributed by atoms with E-state index in [4.69, 9.17) is 0 Å². The van der Waals surface area contributed by atoms with Crippen LogP contribution in [0.1, 0.15) is 51.1 Å². The molecule has 17 heavy (non-hydrogen) atoms. The molecule has 1 aromatic rings. The lowest BCUT2D eigenvalue weighted by molar-refractivity contribution is 0.224. The predicted molar refractivity (Wildman–Crippen MR) is 73.0 cm³/mol. The topological polar surface area (TPSA) is 32.3 Å². The number of benzene rings is 1. The first-order chi connectivity index (χ1) is 8.31. The van der Waals surface area contributed by atoms with Gasteiger partial charge in [-0.15, -0.1) is 0 Å². The molecule has 0 fully saturated rings. The second-order valence-corrected chi connectivity index (χ2v) is 4.56. The van der Waals surface area contributed by atoms with Crippen molar-refractivity contribution in [3.63, 3.8) is 0 Å². The first kappa shape index (κ1) is 14.2. The molecule has 2 atom stereocenters. The predicted octanol–water partition coefficient (Wildman–Crippen LogP) is 3.28. The van der Waals surface area contributed by atoms with Gasteiger partial charge in [0.1, 0.15) is 0 Å². The van der Waals surface area contributed by atoms with Crippen LogP contribution in [0.5, 0.6) is 0 Å². The summed E-state index contributed by atoms with van der Waals surface area (Å²) in [6.45, 7) is 4.53. The molecular weight excluding hydrogens is 210 g/mol. The summed E-state index contributed by atoms with van der Waals surface area (Å²) in [5.41, 5.74) is 1.33. The summed E-state index contributed by atoms with van der Waals surface area (Å²) in [5.74, 6) is 0. The Morgan fingerprint density at radius 1 is 1.18 bits per heavy atom. The van der Waals surface area contributed by atoms with Gasteiger partial charge in [0.05, 0.1) is 6.61 Å². The fourth-order valence-electron chi connectivity index (χ4n) is 2.02. The zero-order valence-electron chi connectivity index (χ0n) is 11.0. The van der Waals surface area contributed by atoms with Gasteiger partial charge in [-0.25, -0.2) is 0 Å². The van der Waals surface area contributed by atoms with E-state index in [-0.39, 0.29) is 12.6 Å². The van der Waals surface area contributed by atoms with E-state index in [1.54, 1.807) is 0 Å². The van der Waals surface area contributed by atoms with Crippen LogP contribution in [0.2, 0.25) is 0 Å². The Labute approximate surface area is 105 Å². The molecular formula is C15H25NO. The van der Waals surface area contributed by atoms with Crippen LogP contribution in [-0.2, 0) is 0 Å². The Bertz CT molecular complexity index is 282. The highest BCUT2D eigenvalue weighted by Gasteiger charge is 2.14. The van der Waals surface area contributed by atoms with E-state index in [1.807, 2.05) is 6.07 Å². The Balaban J connectivity index is 2.66. The monoisotopic (exact) mass is 235 g/mol. The first-order valence-electron chi connectivity index (χ1n) is 6.73. The van der Waals surface area contributed by atoms with Crippen molar-refractivity contribution < 1.29 is 5.11 Å². The van der Waals surface area contributed by atoms with Gasteiger partial charge in [-0.05, 0) is 18.4 Å². The molecule has 0 saturated carbocycles. The molecule has 0 spiro atoms. The number of unbranched alkanes of at least 4 members (excludes halogenated alkanes) is 1. The Hall–Kier alpha value is -0.860. The zero-order valence-corrected chi connectivity index (χ0v) is 11.0. The Kier molecular flexibility index (Phi) is 6.90. The van der Waals surface area contributed by atoms with Gasteiger partial charge in [0, 0.05) is 12.1 Å². The van der Waals surface area contributed by atoms with Crippen LogP contribution in [0.25, 0.3) is 0 Å². The van der Waals surface area contributed by atoms with Gasteiger partial charge in [-0.3, -0.25) is 0 Å². The van der Waals surface area contributed by atoms with Crippen molar-refractivity contribution in [2.45, 2.75) is 51.6 Å². The lowest BCUT2D eigenvalue weighted by atomic mass is 10.00. The van der Waals surface area contributed by atoms with E-state index in [1.165, 1.54) is 18.4 Å². The van der Waals surface area contributed by atoms with Crippen molar-refractivity contribution in [2.75, 3.05) is 6.61 Å². The number of aliphatic hydroxyl groups is 1. The van der Waals surface area contributed by atoms with E-state index >= 15 is 0 Å². The molecule has 2 nitrogen and oxygen atoms in total. The maximum atomic E-state index is 9.28. The van der Waals surface area contributed by atoms with Crippen LogP contribution in [0.3, 0.4) is 0 Å². The van der Waals surface area contributed by atoms with Gasteiger partial charge in [0.25, 0.3) is 0 Å². The average molecular weight is 235 g/mol. The molecule has 96 valence electrons. The zero-order chi connectivity index (χ0) is 12.5. The van der Waals surface area contributed by atoms with Crippen molar-refractivity contribution in [3.8, 4) is 0 Å². The van der Waals surface area contributed by atoms with Crippen molar-refractivity contribution in [1.82, 2.24) is 5.32 Å². The molecule has 0 aliphatic rings. The number of nitrogens with one attached hydrogen (secondary N) is 1. The number of aliphatic hydroxyl groups excluding tert-OH is 1. The average Bonchev–Trinajstić information content (AvgIpc) is 2.40. The summed E-state index contributed by atoms with van der Waals surface area (Å²) in [6, 6.07) is 11.1. The first-order valence-corrected chi connectivity index (χ1v) is 6.73.